The molecular weight excluding hydrogens is 357 g/mol. The summed E-state index contributed by atoms with van der Waals surface area (Å²) in [5.41, 5.74) is 2.62. The van der Waals surface area contributed by atoms with Crippen LogP contribution in [-0.4, -0.2) is 25.6 Å². The number of hydrogen-bond acceptors (Lipinski definition) is 3. The first-order valence-electron chi connectivity index (χ1n) is 7.87. The zero-order chi connectivity index (χ0) is 18.4. The Hall–Kier alpha value is -2.99. The highest BCUT2D eigenvalue weighted by Gasteiger charge is 2.20. The number of nitrogens with zero attached hydrogens (tertiary/aromatic N) is 3. The van der Waals surface area contributed by atoms with Crippen LogP contribution in [0.2, 0.25) is 5.02 Å². The molecule has 0 aliphatic heterocycles. The van der Waals surface area contributed by atoms with E-state index in [1.807, 2.05) is 10.6 Å². The minimum atomic E-state index is -0.976. The van der Waals surface area contributed by atoms with E-state index in [4.69, 9.17) is 11.6 Å². The lowest BCUT2D eigenvalue weighted by molar-refractivity contribution is -0.136. The number of aromatic nitrogens is 3. The van der Waals surface area contributed by atoms with Gasteiger partial charge in [-0.1, -0.05) is 11.6 Å². The maximum absolute atomic E-state index is 13.8. The third kappa shape index (κ3) is 2.59. The molecule has 0 spiro atoms. The first kappa shape index (κ1) is 16.5. The molecule has 0 radical (unpaired) electrons. The summed E-state index contributed by atoms with van der Waals surface area (Å²) in [5.74, 6) is -0.797. The van der Waals surface area contributed by atoms with Gasteiger partial charge in [-0.05, 0) is 48.9 Å². The minimum Gasteiger partial charge on any atom is -0.481 e. The number of carbonyl (C=O) groups is 1. The van der Waals surface area contributed by atoms with Crippen molar-refractivity contribution in [1.29, 1.82) is 0 Å². The number of carboxylic acid groups (broad SMARTS) is 1. The van der Waals surface area contributed by atoms with Gasteiger partial charge in [0.05, 0.1) is 17.5 Å². The molecule has 0 unspecified atom stereocenters. The molecule has 7 heteroatoms. The first-order valence-corrected chi connectivity index (χ1v) is 8.25. The van der Waals surface area contributed by atoms with Gasteiger partial charge in [-0.25, -0.2) is 14.4 Å². The second kappa shape index (κ2) is 6.07. The molecule has 0 saturated heterocycles. The lowest BCUT2D eigenvalue weighted by Crippen LogP contribution is -2.04. The lowest BCUT2D eigenvalue weighted by atomic mass is 10.1. The highest BCUT2D eigenvalue weighted by Crippen LogP contribution is 2.32. The third-order valence-electron chi connectivity index (χ3n) is 4.41. The predicted octanol–water partition coefficient (Wildman–Crippen LogP) is 4.30. The van der Waals surface area contributed by atoms with Gasteiger partial charge in [0, 0.05) is 21.5 Å². The topological polar surface area (TPSA) is 68.0 Å². The number of carboxylic acids is 1. The standard InChI is InChI=1S/C19H13ClFN3O2/c1-10-14(8-18(25)26)15-7-12(21)3-5-17(15)24(10)19-13-4-2-11(20)6-16(13)22-9-23-19/h2-7,9H,8H2,1H3,(H,25,26). The molecule has 0 amide bonds. The molecule has 0 aliphatic carbocycles. The molecule has 4 aromatic rings. The Balaban J connectivity index is 2.10. The summed E-state index contributed by atoms with van der Waals surface area (Å²) < 4.78 is 15.6. The van der Waals surface area contributed by atoms with Gasteiger partial charge in [-0.3, -0.25) is 9.36 Å². The fourth-order valence-corrected chi connectivity index (χ4v) is 3.46. The van der Waals surface area contributed by atoms with E-state index in [-0.39, 0.29) is 6.42 Å². The largest absolute Gasteiger partial charge is 0.481 e. The van der Waals surface area contributed by atoms with Crippen molar-refractivity contribution >= 4 is 39.4 Å². The maximum atomic E-state index is 13.8. The summed E-state index contributed by atoms with van der Waals surface area (Å²) in [7, 11) is 0. The molecule has 0 atom stereocenters. The molecule has 130 valence electrons. The number of benzene rings is 2. The van der Waals surface area contributed by atoms with Crippen molar-refractivity contribution in [2.75, 3.05) is 0 Å². The third-order valence-corrected chi connectivity index (χ3v) is 4.65. The van der Waals surface area contributed by atoms with Crippen molar-refractivity contribution in [2.24, 2.45) is 0 Å². The Morgan fingerprint density at radius 1 is 1.19 bits per heavy atom. The van der Waals surface area contributed by atoms with Crippen LogP contribution >= 0.6 is 11.6 Å². The van der Waals surface area contributed by atoms with Crippen LogP contribution in [0.1, 0.15) is 11.3 Å². The second-order valence-corrected chi connectivity index (χ2v) is 6.43. The van der Waals surface area contributed by atoms with Crippen LogP contribution in [-0.2, 0) is 11.2 Å². The van der Waals surface area contributed by atoms with Crippen LogP contribution in [0.25, 0.3) is 27.6 Å². The van der Waals surface area contributed by atoms with Crippen LogP contribution in [0.15, 0.2) is 42.7 Å². The SMILES string of the molecule is Cc1c(CC(=O)O)c2cc(F)ccc2n1-c1ncnc2cc(Cl)ccc12. The molecule has 26 heavy (non-hydrogen) atoms. The van der Waals surface area contributed by atoms with Gasteiger partial charge in [0.25, 0.3) is 0 Å². The van der Waals surface area contributed by atoms with Gasteiger partial charge in [0.2, 0.25) is 0 Å². The minimum absolute atomic E-state index is 0.201. The van der Waals surface area contributed by atoms with E-state index < -0.39 is 11.8 Å². The summed E-state index contributed by atoms with van der Waals surface area (Å²) in [5, 5.41) is 11.1. The Morgan fingerprint density at radius 3 is 2.77 bits per heavy atom. The highest BCUT2D eigenvalue weighted by atomic mass is 35.5. The average molecular weight is 370 g/mol. The molecule has 0 saturated carbocycles. The Bertz CT molecular complexity index is 1190. The van der Waals surface area contributed by atoms with Gasteiger partial charge >= 0.3 is 5.97 Å². The van der Waals surface area contributed by atoms with E-state index in [1.54, 1.807) is 25.1 Å². The molecule has 5 nitrogen and oxygen atoms in total. The van der Waals surface area contributed by atoms with Crippen molar-refractivity contribution in [2.45, 2.75) is 13.3 Å². The monoisotopic (exact) mass is 369 g/mol. The highest BCUT2D eigenvalue weighted by molar-refractivity contribution is 6.31. The number of aliphatic carboxylic acids is 1. The molecule has 4 rings (SSSR count). The van der Waals surface area contributed by atoms with Gasteiger partial charge in [-0.2, -0.15) is 0 Å². The molecular formula is C19H13ClFN3O2. The number of rotatable bonds is 3. The summed E-state index contributed by atoms with van der Waals surface area (Å²) in [4.78, 5) is 19.9. The fourth-order valence-electron chi connectivity index (χ4n) is 3.30. The zero-order valence-electron chi connectivity index (χ0n) is 13.7. The van der Waals surface area contributed by atoms with Crippen molar-refractivity contribution in [1.82, 2.24) is 14.5 Å². The van der Waals surface area contributed by atoms with Crippen LogP contribution in [0, 0.1) is 12.7 Å². The zero-order valence-corrected chi connectivity index (χ0v) is 14.5. The van der Waals surface area contributed by atoms with E-state index in [0.29, 0.717) is 38.5 Å². The molecule has 2 aromatic carbocycles. The summed E-state index contributed by atoms with van der Waals surface area (Å²) >= 11 is 6.05. The molecule has 0 fully saturated rings. The smallest absolute Gasteiger partial charge is 0.307 e. The number of halogens is 2. The quantitative estimate of drug-likeness (QED) is 0.584. The fraction of sp³-hybridized carbons (Fsp3) is 0.105. The van der Waals surface area contributed by atoms with Gasteiger partial charge in [0.15, 0.2) is 0 Å². The molecule has 2 aromatic heterocycles. The van der Waals surface area contributed by atoms with E-state index in [9.17, 15) is 14.3 Å². The normalized spacial score (nSPS) is 11.3. The Morgan fingerprint density at radius 2 is 2.00 bits per heavy atom. The number of hydrogen-bond donors (Lipinski definition) is 1. The van der Waals surface area contributed by atoms with Crippen molar-refractivity contribution in [3.8, 4) is 5.82 Å². The van der Waals surface area contributed by atoms with Gasteiger partial charge < -0.3 is 5.11 Å². The molecule has 1 N–H and O–H groups in total. The van der Waals surface area contributed by atoms with Crippen LogP contribution in [0.3, 0.4) is 0 Å². The molecule has 0 bridgehead atoms. The Labute approximate surface area is 152 Å². The van der Waals surface area contributed by atoms with Crippen LogP contribution in [0.4, 0.5) is 4.39 Å². The van der Waals surface area contributed by atoms with E-state index in [1.165, 1.54) is 18.5 Å². The van der Waals surface area contributed by atoms with Crippen molar-refractivity contribution in [3.63, 3.8) is 0 Å². The van der Waals surface area contributed by atoms with E-state index >= 15 is 0 Å². The van der Waals surface area contributed by atoms with Crippen molar-refractivity contribution in [3.05, 3.63) is 64.8 Å². The van der Waals surface area contributed by atoms with E-state index in [2.05, 4.69) is 9.97 Å². The summed E-state index contributed by atoms with van der Waals surface area (Å²) in [6.07, 6.45) is 1.23. The summed E-state index contributed by atoms with van der Waals surface area (Å²) in [6, 6.07) is 9.64. The summed E-state index contributed by atoms with van der Waals surface area (Å²) in [6.45, 7) is 1.81. The van der Waals surface area contributed by atoms with Gasteiger partial charge in [0.1, 0.15) is 18.0 Å². The second-order valence-electron chi connectivity index (χ2n) is 5.99. The van der Waals surface area contributed by atoms with Crippen LogP contribution < -0.4 is 0 Å². The first-order chi connectivity index (χ1) is 12.5. The average Bonchev–Trinajstić information content (AvgIpc) is 2.85. The maximum Gasteiger partial charge on any atom is 0.307 e. The predicted molar refractivity (Wildman–Crippen MR) is 97.4 cm³/mol. The van der Waals surface area contributed by atoms with Gasteiger partial charge in [-0.15, -0.1) is 0 Å². The van der Waals surface area contributed by atoms with Crippen LogP contribution in [0.5, 0.6) is 0 Å². The lowest BCUT2D eigenvalue weighted by Gasteiger charge is -2.10. The molecule has 0 aliphatic rings. The van der Waals surface area contributed by atoms with Crippen molar-refractivity contribution < 1.29 is 14.3 Å². The Kier molecular flexibility index (Phi) is 3.85. The van der Waals surface area contributed by atoms with E-state index in [0.717, 1.165) is 5.39 Å². The number of fused-ring (bicyclic) bond motifs is 2. The molecule has 2 heterocycles.